The molecule has 1 fully saturated rings. The molecule has 1 aliphatic rings. The summed E-state index contributed by atoms with van der Waals surface area (Å²) in [6.45, 7) is 1.67. The van der Waals surface area contributed by atoms with Crippen molar-refractivity contribution in [2.75, 3.05) is 19.6 Å². The fourth-order valence-corrected chi connectivity index (χ4v) is 5.81. The topological polar surface area (TPSA) is 57.7 Å². The highest BCUT2D eigenvalue weighted by atomic mass is 32.2. The van der Waals surface area contributed by atoms with Gasteiger partial charge in [0.2, 0.25) is 15.9 Å². The van der Waals surface area contributed by atoms with Crippen molar-refractivity contribution in [2.45, 2.75) is 30.7 Å². The minimum Gasteiger partial charge on any atom is -0.338 e. The fourth-order valence-electron chi connectivity index (χ4n) is 4.34. The summed E-state index contributed by atoms with van der Waals surface area (Å²) >= 11 is 0. The van der Waals surface area contributed by atoms with E-state index in [0.29, 0.717) is 25.9 Å². The van der Waals surface area contributed by atoms with Gasteiger partial charge in [0.15, 0.2) is 0 Å². The summed E-state index contributed by atoms with van der Waals surface area (Å²) in [6, 6.07) is 24.9. The Hall–Kier alpha value is -3.03. The van der Waals surface area contributed by atoms with Gasteiger partial charge in [0.1, 0.15) is 5.82 Å². The second-order valence-electron chi connectivity index (χ2n) is 8.61. The first-order valence-corrected chi connectivity index (χ1v) is 13.0. The molecule has 1 amide bonds. The molecule has 3 aromatic carbocycles. The van der Waals surface area contributed by atoms with E-state index >= 15 is 0 Å². The number of carbonyl (C=O) groups excluding carboxylic acids is 1. The van der Waals surface area contributed by atoms with E-state index in [0.717, 1.165) is 24.1 Å². The summed E-state index contributed by atoms with van der Waals surface area (Å²) in [6.07, 6.45) is 1.70. The molecule has 7 heteroatoms. The zero-order valence-corrected chi connectivity index (χ0v) is 19.8. The quantitative estimate of drug-likeness (QED) is 0.477. The molecule has 0 spiro atoms. The standard InChI is InChI=1S/C27H29FN2O3S/c28-25-11-13-26(14-12-25)34(32,33)30-19-16-24(17-20-30)27(31)29(21-23-9-5-2-6-10-23)18-15-22-7-3-1-4-8-22/h1-14,24H,15-21H2. The first-order chi connectivity index (χ1) is 16.4. The number of carbonyl (C=O) groups is 1. The van der Waals surface area contributed by atoms with Gasteiger partial charge in [-0.1, -0.05) is 60.7 Å². The Morgan fingerprint density at radius 2 is 1.41 bits per heavy atom. The van der Waals surface area contributed by atoms with E-state index < -0.39 is 15.8 Å². The maximum absolute atomic E-state index is 13.5. The highest BCUT2D eigenvalue weighted by Gasteiger charge is 2.33. The maximum Gasteiger partial charge on any atom is 0.243 e. The lowest BCUT2D eigenvalue weighted by Gasteiger charge is -2.34. The van der Waals surface area contributed by atoms with Crippen molar-refractivity contribution >= 4 is 15.9 Å². The van der Waals surface area contributed by atoms with Crippen LogP contribution in [0, 0.1) is 11.7 Å². The third kappa shape index (κ3) is 5.90. The summed E-state index contributed by atoms with van der Waals surface area (Å²) < 4.78 is 40.4. The van der Waals surface area contributed by atoms with E-state index in [1.165, 1.54) is 22.0 Å². The molecular weight excluding hydrogens is 451 g/mol. The number of sulfonamides is 1. The van der Waals surface area contributed by atoms with Gasteiger partial charge >= 0.3 is 0 Å². The van der Waals surface area contributed by atoms with Gasteiger partial charge in [0, 0.05) is 32.1 Å². The number of benzene rings is 3. The predicted molar refractivity (Wildman–Crippen MR) is 130 cm³/mol. The van der Waals surface area contributed by atoms with Crippen LogP contribution in [0.4, 0.5) is 4.39 Å². The number of amides is 1. The van der Waals surface area contributed by atoms with Gasteiger partial charge < -0.3 is 4.90 Å². The van der Waals surface area contributed by atoms with Crippen molar-refractivity contribution < 1.29 is 17.6 Å². The molecule has 5 nitrogen and oxygen atoms in total. The van der Waals surface area contributed by atoms with Crippen LogP contribution in [0.15, 0.2) is 89.8 Å². The molecule has 0 radical (unpaired) electrons. The molecule has 178 valence electrons. The summed E-state index contributed by atoms with van der Waals surface area (Å²) in [4.78, 5) is 15.5. The van der Waals surface area contributed by atoms with E-state index in [4.69, 9.17) is 0 Å². The Morgan fingerprint density at radius 1 is 0.853 bits per heavy atom. The number of hydrogen-bond acceptors (Lipinski definition) is 3. The van der Waals surface area contributed by atoms with Gasteiger partial charge in [-0.2, -0.15) is 4.31 Å². The molecule has 0 aromatic heterocycles. The molecule has 0 N–H and O–H groups in total. The molecule has 1 saturated heterocycles. The van der Waals surface area contributed by atoms with Crippen LogP contribution in [-0.2, 0) is 27.8 Å². The molecule has 0 atom stereocenters. The second-order valence-corrected chi connectivity index (χ2v) is 10.6. The Kier molecular flexibility index (Phi) is 7.75. The van der Waals surface area contributed by atoms with E-state index in [-0.39, 0.29) is 29.8 Å². The Labute approximate surface area is 200 Å². The minimum atomic E-state index is -3.70. The van der Waals surface area contributed by atoms with E-state index in [2.05, 4.69) is 12.1 Å². The highest BCUT2D eigenvalue weighted by molar-refractivity contribution is 7.89. The van der Waals surface area contributed by atoms with Gasteiger partial charge in [-0.25, -0.2) is 12.8 Å². The van der Waals surface area contributed by atoms with E-state index in [1.807, 2.05) is 53.4 Å². The Balaban J connectivity index is 1.42. The molecule has 1 aliphatic heterocycles. The monoisotopic (exact) mass is 480 g/mol. The van der Waals surface area contributed by atoms with Crippen LogP contribution in [0.5, 0.6) is 0 Å². The van der Waals surface area contributed by atoms with E-state index in [1.54, 1.807) is 0 Å². The molecule has 34 heavy (non-hydrogen) atoms. The van der Waals surface area contributed by atoms with Crippen LogP contribution < -0.4 is 0 Å². The molecular formula is C27H29FN2O3S. The molecule has 1 heterocycles. The van der Waals surface area contributed by atoms with Crippen LogP contribution in [0.1, 0.15) is 24.0 Å². The maximum atomic E-state index is 13.5. The number of nitrogens with zero attached hydrogens (tertiary/aromatic N) is 2. The third-order valence-electron chi connectivity index (χ3n) is 6.30. The molecule has 0 bridgehead atoms. The lowest BCUT2D eigenvalue weighted by molar-refractivity contribution is -0.137. The normalized spacial score (nSPS) is 15.2. The van der Waals surface area contributed by atoms with Crippen molar-refractivity contribution in [3.8, 4) is 0 Å². The van der Waals surface area contributed by atoms with E-state index in [9.17, 15) is 17.6 Å². The molecule has 0 unspecified atom stereocenters. The predicted octanol–water partition coefficient (Wildman–Crippen LogP) is 4.50. The van der Waals surface area contributed by atoms with Gasteiger partial charge in [0.25, 0.3) is 0 Å². The lowest BCUT2D eigenvalue weighted by Crippen LogP contribution is -2.44. The fraction of sp³-hybridized carbons (Fsp3) is 0.296. The van der Waals surface area contributed by atoms with Crippen molar-refractivity contribution in [2.24, 2.45) is 5.92 Å². The van der Waals surface area contributed by atoms with Gasteiger partial charge in [-0.15, -0.1) is 0 Å². The number of piperidine rings is 1. The Morgan fingerprint density at radius 3 is 2.00 bits per heavy atom. The molecule has 0 aliphatic carbocycles. The van der Waals surface area contributed by atoms with Crippen molar-refractivity contribution in [1.29, 1.82) is 0 Å². The van der Waals surface area contributed by atoms with Crippen molar-refractivity contribution in [3.05, 3.63) is 102 Å². The van der Waals surface area contributed by atoms with Crippen LogP contribution in [0.3, 0.4) is 0 Å². The summed E-state index contributed by atoms with van der Waals surface area (Å²) in [5.74, 6) is -0.630. The smallest absolute Gasteiger partial charge is 0.243 e. The zero-order valence-electron chi connectivity index (χ0n) is 19.0. The molecule has 0 saturated carbocycles. The Bertz CT molecular complexity index is 1180. The van der Waals surface area contributed by atoms with Gasteiger partial charge in [-0.05, 0) is 54.7 Å². The summed E-state index contributed by atoms with van der Waals surface area (Å²) in [5.41, 5.74) is 2.24. The number of rotatable bonds is 8. The number of hydrogen-bond donors (Lipinski definition) is 0. The molecule has 4 rings (SSSR count). The molecule has 3 aromatic rings. The van der Waals surface area contributed by atoms with Crippen LogP contribution in [0.2, 0.25) is 0 Å². The summed E-state index contributed by atoms with van der Waals surface area (Å²) in [7, 11) is -3.70. The van der Waals surface area contributed by atoms with Gasteiger partial charge in [0.05, 0.1) is 4.90 Å². The van der Waals surface area contributed by atoms with Gasteiger partial charge in [-0.3, -0.25) is 4.79 Å². The zero-order chi connectivity index (χ0) is 24.0. The highest BCUT2D eigenvalue weighted by Crippen LogP contribution is 2.26. The number of halogens is 1. The SMILES string of the molecule is O=C(C1CCN(S(=O)(=O)c2ccc(F)cc2)CC1)N(CCc1ccccc1)Cc1ccccc1. The first-order valence-electron chi connectivity index (χ1n) is 11.6. The summed E-state index contributed by atoms with van der Waals surface area (Å²) in [5, 5.41) is 0. The lowest BCUT2D eigenvalue weighted by atomic mass is 9.96. The minimum absolute atomic E-state index is 0.0682. The van der Waals surface area contributed by atoms with Crippen molar-refractivity contribution in [3.63, 3.8) is 0 Å². The van der Waals surface area contributed by atoms with Crippen LogP contribution in [0.25, 0.3) is 0 Å². The van der Waals surface area contributed by atoms with Crippen LogP contribution >= 0.6 is 0 Å². The third-order valence-corrected chi connectivity index (χ3v) is 8.21. The average molecular weight is 481 g/mol. The van der Waals surface area contributed by atoms with Crippen LogP contribution in [-0.4, -0.2) is 43.2 Å². The average Bonchev–Trinajstić information content (AvgIpc) is 2.87. The second kappa shape index (κ2) is 10.9. The first kappa shape index (κ1) is 24.1. The van der Waals surface area contributed by atoms with Crippen molar-refractivity contribution in [1.82, 2.24) is 9.21 Å². The largest absolute Gasteiger partial charge is 0.338 e.